The van der Waals surface area contributed by atoms with E-state index < -0.39 is 12.3 Å². The van der Waals surface area contributed by atoms with E-state index in [-0.39, 0.29) is 5.48 Å². The largest absolute Gasteiger partial charge is 0.503 e. The van der Waals surface area contributed by atoms with Crippen molar-refractivity contribution in [2.75, 3.05) is 0 Å². The van der Waals surface area contributed by atoms with Crippen molar-refractivity contribution in [3.8, 4) is 0 Å². The quantitative estimate of drug-likeness (QED) is 0.597. The number of carboxylic acid groups (broad SMARTS) is 4. The van der Waals surface area contributed by atoms with Gasteiger partial charge in [0, 0.05) is 0 Å². The van der Waals surface area contributed by atoms with Gasteiger partial charge in [-0.05, 0) is 0 Å². The van der Waals surface area contributed by atoms with Crippen LogP contribution in [0.15, 0.2) is 0 Å². The van der Waals surface area contributed by atoms with Crippen LogP contribution in [0.5, 0.6) is 0 Å². The Hall–Kier alpha value is -1.50. The fraction of sp³-hybridized carbons (Fsp3) is 0.800. The van der Waals surface area contributed by atoms with E-state index in [9.17, 15) is 0 Å². The zero-order valence-electron chi connectivity index (χ0n) is 10.9. The molecule has 0 aliphatic carbocycles. The number of rotatable bonds is 2. The van der Waals surface area contributed by atoms with Gasteiger partial charge in [0.15, 0.2) is 0 Å². The van der Waals surface area contributed by atoms with Crippen LogP contribution in [0.25, 0.3) is 0 Å². The van der Waals surface area contributed by atoms with E-state index in [0.717, 1.165) is 0 Å². The summed E-state index contributed by atoms with van der Waals surface area (Å²) >= 11 is 0. The van der Waals surface area contributed by atoms with Gasteiger partial charge in [0.2, 0.25) is 0 Å². The van der Waals surface area contributed by atoms with Gasteiger partial charge < -0.3 is 25.9 Å². The van der Waals surface area contributed by atoms with Gasteiger partial charge in [-0.25, -0.2) is 9.59 Å². The predicted molar refractivity (Wildman–Crippen MR) is 66.1 cm³/mol. The molecule has 7 nitrogen and oxygen atoms in total. The van der Waals surface area contributed by atoms with Crippen LogP contribution in [-0.2, 0) is 0 Å². The van der Waals surface area contributed by atoms with Crippen molar-refractivity contribution in [1.82, 2.24) is 0 Å². The Morgan fingerprint density at radius 2 is 0.706 bits per heavy atom. The van der Waals surface area contributed by atoms with Crippen molar-refractivity contribution in [3.05, 3.63) is 0 Å². The van der Waals surface area contributed by atoms with Crippen LogP contribution < -0.4 is 0 Å². The maximum Gasteiger partial charge on any atom is 0.503 e. The molecule has 0 aliphatic heterocycles. The SMILES string of the molecule is CCCC.CCCC.O.O=C(O)O.O=C(O)O. The first-order chi connectivity index (χ1) is 7.29. The summed E-state index contributed by atoms with van der Waals surface area (Å²) in [6.07, 6.45) is 1.61. The molecule has 108 valence electrons. The zero-order chi connectivity index (χ0) is 14.0. The Kier molecular flexibility index (Phi) is 63.6. The maximum atomic E-state index is 8.56. The molecule has 0 bridgehead atoms. The highest BCUT2D eigenvalue weighted by Gasteiger charge is 1.70. The molecule has 0 aromatic heterocycles. The molecule has 7 heteroatoms. The minimum absolute atomic E-state index is 0. The second-order valence-corrected chi connectivity index (χ2v) is 2.57. The molecule has 0 atom stereocenters. The number of hydrogen-bond donors (Lipinski definition) is 4. The van der Waals surface area contributed by atoms with Gasteiger partial charge in [-0.3, -0.25) is 0 Å². The van der Waals surface area contributed by atoms with Crippen LogP contribution in [0.2, 0.25) is 0 Å². The third-order valence-corrected chi connectivity index (χ3v) is 1.000. The van der Waals surface area contributed by atoms with Gasteiger partial charge in [-0.2, -0.15) is 0 Å². The number of carbonyl (C=O) groups is 2. The molecule has 0 saturated heterocycles. The van der Waals surface area contributed by atoms with Gasteiger partial charge in [0.1, 0.15) is 0 Å². The number of unbranched alkanes of at least 4 members (excludes halogenated alkanes) is 2. The molecule has 0 spiro atoms. The van der Waals surface area contributed by atoms with Crippen LogP contribution in [0, 0.1) is 0 Å². The molecule has 0 radical (unpaired) electrons. The molecule has 0 saturated carbocycles. The molecule has 6 N–H and O–H groups in total. The topological polar surface area (TPSA) is 147 Å². The smallest absolute Gasteiger partial charge is 0.450 e. The molecule has 0 rings (SSSR count). The Balaban J connectivity index is -0.0000000369. The summed E-state index contributed by atoms with van der Waals surface area (Å²) in [5.41, 5.74) is 0. The molecular weight excluding hydrogens is 232 g/mol. The standard InChI is InChI=1S/2C4H10.2CH2O3.H2O/c2*1-3-4-2;2*2-1(3)4;/h2*3-4H2,1-2H3;2*(H2,2,3,4);1H2. The summed E-state index contributed by atoms with van der Waals surface area (Å²) in [5, 5.41) is 27.9. The lowest BCUT2D eigenvalue weighted by molar-refractivity contribution is 0.135. The summed E-state index contributed by atoms with van der Waals surface area (Å²) in [4.78, 5) is 17.1. The summed E-state index contributed by atoms with van der Waals surface area (Å²) in [6.45, 7) is 8.72. The number of hydrogen-bond acceptors (Lipinski definition) is 2. The van der Waals surface area contributed by atoms with Crippen LogP contribution in [0.4, 0.5) is 9.59 Å². The van der Waals surface area contributed by atoms with Crippen LogP contribution >= 0.6 is 0 Å². The van der Waals surface area contributed by atoms with Crippen molar-refractivity contribution in [2.45, 2.75) is 53.4 Å². The Morgan fingerprint density at radius 3 is 0.706 bits per heavy atom. The van der Waals surface area contributed by atoms with Crippen LogP contribution in [0.3, 0.4) is 0 Å². The monoisotopic (exact) mass is 258 g/mol. The minimum Gasteiger partial charge on any atom is -0.450 e. The molecule has 17 heavy (non-hydrogen) atoms. The summed E-state index contributed by atoms with van der Waals surface area (Å²) in [6, 6.07) is 0. The molecule has 0 unspecified atom stereocenters. The van der Waals surface area contributed by atoms with Crippen LogP contribution in [0.1, 0.15) is 53.4 Å². The first-order valence-electron chi connectivity index (χ1n) is 5.13. The molecular formula is C10H26O7. The maximum absolute atomic E-state index is 8.56. The Morgan fingerprint density at radius 1 is 0.647 bits per heavy atom. The Labute approximate surface area is 102 Å². The van der Waals surface area contributed by atoms with E-state index in [0.29, 0.717) is 0 Å². The first kappa shape index (κ1) is 29.6. The normalized spacial score (nSPS) is 6.35. The molecule has 0 fully saturated rings. The van der Waals surface area contributed by atoms with E-state index >= 15 is 0 Å². The molecule has 0 amide bonds. The van der Waals surface area contributed by atoms with Gasteiger partial charge in [0.05, 0.1) is 0 Å². The first-order valence-corrected chi connectivity index (χ1v) is 5.13. The predicted octanol–water partition coefficient (Wildman–Crippen LogP) is 3.23. The fourth-order valence-corrected chi connectivity index (χ4v) is 0. The van der Waals surface area contributed by atoms with Gasteiger partial charge >= 0.3 is 12.3 Å². The average Bonchev–Trinajstić information content (AvgIpc) is 2.16. The molecule has 0 heterocycles. The highest BCUT2D eigenvalue weighted by atomic mass is 16.6. The van der Waals surface area contributed by atoms with Crippen molar-refractivity contribution in [1.29, 1.82) is 0 Å². The van der Waals surface area contributed by atoms with E-state index in [1.165, 1.54) is 25.7 Å². The third-order valence-electron chi connectivity index (χ3n) is 1.000. The molecule has 0 aromatic rings. The lowest BCUT2D eigenvalue weighted by Gasteiger charge is -1.68. The van der Waals surface area contributed by atoms with E-state index in [1.807, 2.05) is 0 Å². The zero-order valence-corrected chi connectivity index (χ0v) is 10.9. The van der Waals surface area contributed by atoms with E-state index in [1.54, 1.807) is 0 Å². The molecule has 0 aliphatic rings. The van der Waals surface area contributed by atoms with Gasteiger partial charge in [-0.1, -0.05) is 53.4 Å². The average molecular weight is 258 g/mol. The highest BCUT2D eigenvalue weighted by molar-refractivity contribution is 5.53. The van der Waals surface area contributed by atoms with Crippen molar-refractivity contribution >= 4 is 12.3 Å². The minimum atomic E-state index is -1.83. The fourth-order valence-electron chi connectivity index (χ4n) is 0. The van der Waals surface area contributed by atoms with Crippen molar-refractivity contribution < 1.29 is 35.5 Å². The summed E-state index contributed by atoms with van der Waals surface area (Å²) in [7, 11) is 0. The third kappa shape index (κ3) is 9060. The van der Waals surface area contributed by atoms with Crippen molar-refractivity contribution in [2.24, 2.45) is 0 Å². The second-order valence-electron chi connectivity index (χ2n) is 2.57. The highest BCUT2D eigenvalue weighted by Crippen LogP contribution is 1.77. The molecule has 0 aromatic carbocycles. The summed E-state index contributed by atoms with van der Waals surface area (Å²) < 4.78 is 0. The summed E-state index contributed by atoms with van der Waals surface area (Å²) in [5.74, 6) is 0. The van der Waals surface area contributed by atoms with Gasteiger partial charge in [-0.15, -0.1) is 0 Å². The van der Waals surface area contributed by atoms with E-state index in [4.69, 9.17) is 30.0 Å². The Bertz CT molecular complexity index is 109. The van der Waals surface area contributed by atoms with E-state index in [2.05, 4.69) is 27.7 Å². The van der Waals surface area contributed by atoms with Gasteiger partial charge in [0.25, 0.3) is 0 Å². The lowest BCUT2D eigenvalue weighted by atomic mass is 10.4. The van der Waals surface area contributed by atoms with Crippen molar-refractivity contribution in [3.63, 3.8) is 0 Å². The lowest BCUT2D eigenvalue weighted by Crippen LogP contribution is -1.81. The van der Waals surface area contributed by atoms with Crippen LogP contribution in [-0.4, -0.2) is 38.2 Å². The second kappa shape index (κ2) is 36.6.